The monoisotopic (exact) mass is 1030 g/mol. The summed E-state index contributed by atoms with van der Waals surface area (Å²) in [6, 6.07) is 15.5. The van der Waals surface area contributed by atoms with E-state index in [0.29, 0.717) is 22.9 Å². The maximum atomic E-state index is 14.5. The predicted molar refractivity (Wildman–Crippen MR) is 211 cm³/mol. The maximum absolute atomic E-state index is 14.5. The first-order valence-electron chi connectivity index (χ1n) is 18.7. The number of ether oxygens (including phenoxy) is 2. The number of hydrogen-bond acceptors (Lipinski definition) is 12. The zero-order valence-electron chi connectivity index (χ0n) is 33.6. The smallest absolute Gasteiger partial charge is 0.430 e. The number of halogens is 12. The number of esters is 2. The van der Waals surface area contributed by atoms with Crippen molar-refractivity contribution < 1.29 is 113 Å². The average molecular weight is 1030 g/mol. The number of alkyl halides is 12. The number of benzene rings is 6. The van der Waals surface area contributed by atoms with Gasteiger partial charge in [-0.2, -0.15) is 79.7 Å². The van der Waals surface area contributed by atoms with Gasteiger partial charge >= 0.3 is 42.2 Å². The van der Waals surface area contributed by atoms with Crippen molar-refractivity contribution >= 4 is 75.3 Å². The van der Waals surface area contributed by atoms with Crippen molar-refractivity contribution in [1.29, 1.82) is 5.26 Å². The minimum absolute atomic E-state index is 0.0792. The molecule has 0 bridgehead atoms. The standard InChI is InChI=1S/C41H25F12NO13S2/c42-38(43,44)36(57,39(45,46)47)5-7-64-34(55)27-13-26-11-24-14-29(4-3-22(24)16-31(26)33(17-27)69(61,62)63)66-67-37(40(48,49)50,41(51,52)53)6-8-65-35(56)28-12-25-10-23-9-20(19-54)1-2-21(23)15-30(25)32(18-28)68(58,59)60/h1-4,9-18,57H,5-8H2,(H,58,59,60)(H,61,62,63). The molecule has 6 rings (SSSR count). The van der Waals surface area contributed by atoms with E-state index in [4.69, 9.17) is 4.74 Å². The van der Waals surface area contributed by atoms with Crippen molar-refractivity contribution in [1.82, 2.24) is 0 Å². The molecule has 0 fully saturated rings. The molecule has 6 aromatic rings. The van der Waals surface area contributed by atoms with Crippen LogP contribution in [0.4, 0.5) is 52.7 Å². The summed E-state index contributed by atoms with van der Waals surface area (Å²) in [5.74, 6) is -4.38. The molecule has 0 unspecified atom stereocenters. The third-order valence-corrected chi connectivity index (χ3v) is 12.2. The number of carbonyl (C=O) groups excluding carboxylic acids is 2. The lowest BCUT2D eigenvalue weighted by Gasteiger charge is -2.35. The first-order valence-corrected chi connectivity index (χ1v) is 21.6. The number of nitriles is 1. The fraction of sp³-hybridized carbons (Fsp3) is 0.244. The van der Waals surface area contributed by atoms with E-state index in [1.54, 1.807) is 0 Å². The van der Waals surface area contributed by atoms with Gasteiger partial charge in [-0.1, -0.05) is 12.1 Å². The Morgan fingerprint density at radius 3 is 1.39 bits per heavy atom. The van der Waals surface area contributed by atoms with E-state index in [1.807, 2.05) is 6.07 Å². The van der Waals surface area contributed by atoms with Gasteiger partial charge in [0.15, 0.2) is 5.75 Å². The number of aliphatic hydroxyl groups is 1. The molecule has 28 heteroatoms. The summed E-state index contributed by atoms with van der Waals surface area (Å²) in [5, 5.41) is 17.8. The Kier molecular flexibility index (Phi) is 13.4. The van der Waals surface area contributed by atoms with Gasteiger partial charge in [-0.05, 0) is 105 Å². The minimum atomic E-state index is -6.40. The average Bonchev–Trinajstić information content (AvgIpc) is 3.22. The molecule has 14 nitrogen and oxygen atoms in total. The fourth-order valence-electron chi connectivity index (χ4n) is 6.80. The van der Waals surface area contributed by atoms with Crippen LogP contribution in [-0.2, 0) is 34.6 Å². The summed E-state index contributed by atoms with van der Waals surface area (Å²) in [7, 11) is -10.5. The highest BCUT2D eigenvalue weighted by atomic mass is 32.2. The summed E-state index contributed by atoms with van der Waals surface area (Å²) in [4.78, 5) is 32.4. The van der Waals surface area contributed by atoms with Crippen LogP contribution in [0.2, 0.25) is 0 Å². The van der Waals surface area contributed by atoms with Crippen LogP contribution in [0.25, 0.3) is 43.1 Å². The molecular formula is C41H25F12NO13S2. The normalized spacial score (nSPS) is 13.5. The highest BCUT2D eigenvalue weighted by molar-refractivity contribution is 7.86. The molecule has 3 N–H and O–H groups in total. The zero-order valence-corrected chi connectivity index (χ0v) is 35.3. The second-order valence-electron chi connectivity index (χ2n) is 14.8. The molecule has 6 aromatic carbocycles. The molecule has 0 spiro atoms. The van der Waals surface area contributed by atoms with Crippen molar-refractivity contribution in [3.8, 4) is 11.8 Å². The Morgan fingerprint density at radius 1 is 0.536 bits per heavy atom. The highest BCUT2D eigenvalue weighted by Crippen LogP contribution is 2.49. The largest absolute Gasteiger partial charge is 0.462 e. The topological polar surface area (TPSA) is 224 Å². The van der Waals surface area contributed by atoms with Crippen LogP contribution in [-0.4, -0.2) is 92.1 Å². The van der Waals surface area contributed by atoms with E-state index in [9.17, 15) is 98.6 Å². The SMILES string of the molecule is N#Cc1ccc2cc3c(S(=O)(=O)O)cc(C(=O)OCCC(OOc4ccc5cc6c(S(=O)(=O)O)cc(C(=O)OCCC(O)(C(F)(F)F)C(F)(F)F)cc6cc5c4)(C(F)(F)F)C(F)(F)F)cc3cc2c1. The van der Waals surface area contributed by atoms with E-state index < -0.39 is 132 Å². The molecule has 0 atom stereocenters. The van der Waals surface area contributed by atoms with Crippen LogP contribution in [0.1, 0.15) is 39.1 Å². The second kappa shape index (κ2) is 17.8. The van der Waals surface area contributed by atoms with Gasteiger partial charge in [0.25, 0.3) is 25.8 Å². The quantitative estimate of drug-likeness (QED) is 0.0245. The van der Waals surface area contributed by atoms with Crippen molar-refractivity contribution in [2.75, 3.05) is 13.2 Å². The molecule has 0 saturated carbocycles. The Hall–Kier alpha value is -6.51. The second-order valence-corrected chi connectivity index (χ2v) is 17.6. The summed E-state index contributed by atoms with van der Waals surface area (Å²) in [6.07, 6.45) is -29.9. The van der Waals surface area contributed by atoms with Crippen LogP contribution in [0, 0.1) is 11.3 Å². The van der Waals surface area contributed by atoms with Crippen molar-refractivity contribution in [2.45, 2.75) is 58.5 Å². The lowest BCUT2D eigenvalue weighted by Crippen LogP contribution is -2.60. The first-order chi connectivity index (χ1) is 31.6. The number of fused-ring (bicyclic) bond motifs is 4. The molecule has 0 radical (unpaired) electrons. The van der Waals surface area contributed by atoms with Gasteiger partial charge in [0.1, 0.15) is 9.79 Å². The van der Waals surface area contributed by atoms with Crippen molar-refractivity contribution in [3.05, 3.63) is 102 Å². The molecule has 0 aliphatic heterocycles. The van der Waals surface area contributed by atoms with Gasteiger partial charge in [-0.25, -0.2) is 9.59 Å². The third-order valence-electron chi connectivity index (χ3n) is 10.4. The van der Waals surface area contributed by atoms with Gasteiger partial charge in [0.05, 0.1) is 36.0 Å². The van der Waals surface area contributed by atoms with Crippen LogP contribution >= 0.6 is 0 Å². The minimum Gasteiger partial charge on any atom is -0.462 e. The van der Waals surface area contributed by atoms with Gasteiger partial charge in [-0.3, -0.25) is 9.11 Å². The molecule has 0 heterocycles. The summed E-state index contributed by atoms with van der Waals surface area (Å²) < 4.78 is 243. The Morgan fingerprint density at radius 2 is 0.971 bits per heavy atom. The molecule has 0 aliphatic rings. The van der Waals surface area contributed by atoms with Crippen LogP contribution < -0.4 is 4.89 Å². The van der Waals surface area contributed by atoms with E-state index in [1.165, 1.54) is 30.3 Å². The Balaban J connectivity index is 1.27. The summed E-state index contributed by atoms with van der Waals surface area (Å²) in [5.41, 5.74) is -12.2. The third kappa shape index (κ3) is 10.3. The number of rotatable bonds is 13. The van der Waals surface area contributed by atoms with Gasteiger partial charge in [0, 0.05) is 23.6 Å². The molecule has 69 heavy (non-hydrogen) atoms. The molecule has 0 aliphatic carbocycles. The van der Waals surface area contributed by atoms with E-state index in [-0.39, 0.29) is 27.1 Å². The lowest BCUT2D eigenvalue weighted by molar-refractivity contribution is -0.455. The van der Waals surface area contributed by atoms with Gasteiger partial charge < -0.3 is 19.5 Å². The van der Waals surface area contributed by atoms with Gasteiger partial charge in [-0.15, -0.1) is 0 Å². The number of hydrogen-bond donors (Lipinski definition) is 3. The molecule has 0 saturated heterocycles. The molecule has 0 amide bonds. The van der Waals surface area contributed by atoms with E-state index >= 15 is 0 Å². The van der Waals surface area contributed by atoms with Crippen molar-refractivity contribution in [2.24, 2.45) is 0 Å². The first kappa shape index (κ1) is 51.9. The maximum Gasteiger partial charge on any atom is 0.430 e. The van der Waals surface area contributed by atoms with Crippen LogP contribution in [0.5, 0.6) is 5.75 Å². The Labute approximate surface area is 377 Å². The molecular weight excluding hydrogens is 1010 g/mol. The van der Waals surface area contributed by atoms with Gasteiger partial charge in [0.2, 0.25) is 0 Å². The van der Waals surface area contributed by atoms with Crippen LogP contribution in [0.3, 0.4) is 0 Å². The lowest BCUT2D eigenvalue weighted by atomic mass is 9.98. The zero-order chi connectivity index (χ0) is 51.5. The summed E-state index contributed by atoms with van der Waals surface area (Å²) in [6.45, 7) is -3.49. The number of carbonyl (C=O) groups is 2. The fourth-order valence-corrected chi connectivity index (χ4v) is 8.27. The number of nitrogens with zero attached hydrogens (tertiary/aromatic N) is 1. The van der Waals surface area contributed by atoms with Crippen molar-refractivity contribution in [3.63, 3.8) is 0 Å². The van der Waals surface area contributed by atoms with Crippen LogP contribution in [0.15, 0.2) is 94.7 Å². The predicted octanol–water partition coefficient (Wildman–Crippen LogP) is 9.49. The van der Waals surface area contributed by atoms with E-state index in [0.717, 1.165) is 42.5 Å². The Bertz CT molecular complexity index is 3300. The molecule has 0 aromatic heterocycles. The molecule has 368 valence electrons. The highest BCUT2D eigenvalue weighted by Gasteiger charge is 2.74. The van der Waals surface area contributed by atoms with E-state index in [2.05, 4.69) is 14.5 Å². The summed E-state index contributed by atoms with van der Waals surface area (Å²) >= 11 is 0.